The van der Waals surface area contributed by atoms with Crippen LogP contribution in [-0.2, 0) is 11.2 Å². The van der Waals surface area contributed by atoms with Gasteiger partial charge in [0.1, 0.15) is 12.4 Å². The highest BCUT2D eigenvalue weighted by Crippen LogP contribution is 2.22. The van der Waals surface area contributed by atoms with Crippen LogP contribution in [0.15, 0.2) is 48.5 Å². The molecule has 2 aromatic carbocycles. The van der Waals surface area contributed by atoms with E-state index in [4.69, 9.17) is 0 Å². The van der Waals surface area contributed by atoms with Gasteiger partial charge in [0.05, 0.1) is 11.1 Å². The first-order valence-corrected chi connectivity index (χ1v) is 9.73. The van der Waals surface area contributed by atoms with Crippen molar-refractivity contribution in [2.75, 3.05) is 39.3 Å². The number of rotatable bonds is 5. The first-order valence-electron chi connectivity index (χ1n) is 9.73. The number of hydrogen-bond acceptors (Lipinski definition) is 4. The van der Waals surface area contributed by atoms with E-state index in [9.17, 15) is 18.8 Å². The molecule has 29 heavy (non-hydrogen) atoms. The van der Waals surface area contributed by atoms with Gasteiger partial charge in [-0.05, 0) is 30.2 Å². The molecule has 2 heterocycles. The fourth-order valence-corrected chi connectivity index (χ4v) is 3.82. The van der Waals surface area contributed by atoms with E-state index in [1.807, 2.05) is 6.07 Å². The lowest BCUT2D eigenvalue weighted by Gasteiger charge is -2.35. The highest BCUT2D eigenvalue weighted by Gasteiger charge is 2.37. The van der Waals surface area contributed by atoms with Crippen LogP contribution in [0, 0.1) is 5.82 Å². The summed E-state index contributed by atoms with van der Waals surface area (Å²) < 4.78 is 13.7. The Bertz CT molecular complexity index is 919. The molecule has 2 aliphatic heterocycles. The van der Waals surface area contributed by atoms with Gasteiger partial charge in [-0.15, -0.1) is 0 Å². The molecule has 7 heteroatoms. The van der Waals surface area contributed by atoms with Crippen LogP contribution in [0.5, 0.6) is 0 Å². The normalized spacial score (nSPS) is 17.0. The van der Waals surface area contributed by atoms with Gasteiger partial charge in [0.2, 0.25) is 5.91 Å². The van der Waals surface area contributed by atoms with Gasteiger partial charge in [0.15, 0.2) is 0 Å². The average molecular weight is 395 g/mol. The minimum atomic E-state index is -0.414. The van der Waals surface area contributed by atoms with Crippen molar-refractivity contribution in [1.82, 2.24) is 14.7 Å². The third-order valence-corrected chi connectivity index (χ3v) is 5.55. The zero-order valence-electron chi connectivity index (χ0n) is 16.0. The number of carbonyl (C=O) groups is 3. The van der Waals surface area contributed by atoms with Crippen LogP contribution in [-0.4, -0.2) is 71.7 Å². The van der Waals surface area contributed by atoms with Gasteiger partial charge < -0.3 is 4.90 Å². The Morgan fingerprint density at radius 2 is 1.45 bits per heavy atom. The number of benzene rings is 2. The highest BCUT2D eigenvalue weighted by atomic mass is 19.1. The van der Waals surface area contributed by atoms with E-state index >= 15 is 0 Å². The molecule has 4 rings (SSSR count). The zero-order chi connectivity index (χ0) is 20.4. The lowest BCUT2D eigenvalue weighted by Crippen LogP contribution is -2.52. The third kappa shape index (κ3) is 3.91. The quantitative estimate of drug-likeness (QED) is 0.725. The second-order valence-electron chi connectivity index (χ2n) is 7.31. The number of fused-ring (bicyclic) bond motifs is 1. The average Bonchev–Trinajstić information content (AvgIpc) is 2.98. The monoisotopic (exact) mass is 395 g/mol. The van der Waals surface area contributed by atoms with E-state index in [0.29, 0.717) is 49.3 Å². The molecule has 2 aliphatic rings. The SMILES string of the molecule is O=C(CN1C(=O)c2ccccc2C1=O)N1CCN(CCc2ccccc2F)CC1. The first kappa shape index (κ1) is 19.3. The predicted molar refractivity (Wildman–Crippen MR) is 105 cm³/mol. The molecule has 3 amide bonds. The molecule has 0 aliphatic carbocycles. The largest absolute Gasteiger partial charge is 0.339 e. The summed E-state index contributed by atoms with van der Waals surface area (Å²) in [5.74, 6) is -1.25. The van der Waals surface area contributed by atoms with E-state index in [1.165, 1.54) is 6.07 Å². The maximum atomic E-state index is 13.7. The van der Waals surface area contributed by atoms with Crippen LogP contribution in [0.4, 0.5) is 4.39 Å². The van der Waals surface area contributed by atoms with E-state index in [-0.39, 0.29) is 18.3 Å². The molecule has 1 saturated heterocycles. The smallest absolute Gasteiger partial charge is 0.262 e. The number of piperazine rings is 1. The van der Waals surface area contributed by atoms with Gasteiger partial charge in [0, 0.05) is 32.7 Å². The molecule has 6 nitrogen and oxygen atoms in total. The summed E-state index contributed by atoms with van der Waals surface area (Å²) in [7, 11) is 0. The van der Waals surface area contributed by atoms with Gasteiger partial charge in [-0.2, -0.15) is 0 Å². The summed E-state index contributed by atoms with van der Waals surface area (Å²) in [6.07, 6.45) is 0.621. The molecule has 0 N–H and O–H groups in total. The molecule has 0 spiro atoms. The van der Waals surface area contributed by atoms with Gasteiger partial charge >= 0.3 is 0 Å². The minimum Gasteiger partial charge on any atom is -0.339 e. The predicted octanol–water partition coefficient (Wildman–Crippen LogP) is 1.81. The molecule has 2 aromatic rings. The summed E-state index contributed by atoms with van der Waals surface area (Å²) in [6, 6.07) is 13.4. The standard InChI is InChI=1S/C22H22FN3O3/c23-19-8-4-1-5-16(19)9-10-24-11-13-25(14-12-24)20(27)15-26-21(28)17-6-2-3-7-18(17)22(26)29/h1-8H,9-15H2. The maximum absolute atomic E-state index is 13.7. The summed E-state index contributed by atoms with van der Waals surface area (Å²) in [5.41, 5.74) is 1.39. The summed E-state index contributed by atoms with van der Waals surface area (Å²) >= 11 is 0. The number of nitrogens with zero attached hydrogens (tertiary/aromatic N) is 3. The minimum absolute atomic E-state index is 0.192. The number of hydrogen-bond donors (Lipinski definition) is 0. The molecule has 0 unspecified atom stereocenters. The van der Waals surface area contributed by atoms with Crippen molar-refractivity contribution in [2.45, 2.75) is 6.42 Å². The van der Waals surface area contributed by atoms with Crippen molar-refractivity contribution in [2.24, 2.45) is 0 Å². The van der Waals surface area contributed by atoms with Gasteiger partial charge in [-0.3, -0.25) is 24.2 Å². The van der Waals surface area contributed by atoms with Crippen molar-refractivity contribution >= 4 is 17.7 Å². The molecule has 0 radical (unpaired) electrons. The van der Waals surface area contributed by atoms with Crippen molar-refractivity contribution < 1.29 is 18.8 Å². The Kier molecular flexibility index (Phi) is 5.40. The second-order valence-corrected chi connectivity index (χ2v) is 7.31. The second kappa shape index (κ2) is 8.13. The Balaban J connectivity index is 1.28. The number of amides is 3. The van der Waals surface area contributed by atoms with Gasteiger partial charge in [-0.25, -0.2) is 4.39 Å². The highest BCUT2D eigenvalue weighted by molar-refractivity contribution is 6.22. The molecular formula is C22H22FN3O3. The Hall–Kier alpha value is -3.06. The van der Waals surface area contributed by atoms with Crippen molar-refractivity contribution in [3.05, 3.63) is 71.0 Å². The molecule has 0 atom stereocenters. The van der Waals surface area contributed by atoms with Crippen LogP contribution in [0.25, 0.3) is 0 Å². The number of halogens is 1. The topological polar surface area (TPSA) is 60.9 Å². The Morgan fingerprint density at radius 3 is 2.07 bits per heavy atom. The molecule has 0 bridgehead atoms. The van der Waals surface area contributed by atoms with Gasteiger partial charge in [0.25, 0.3) is 11.8 Å². The maximum Gasteiger partial charge on any atom is 0.262 e. The van der Waals surface area contributed by atoms with E-state index in [2.05, 4.69) is 4.90 Å². The fourth-order valence-electron chi connectivity index (χ4n) is 3.82. The van der Waals surface area contributed by atoms with E-state index in [0.717, 1.165) is 11.4 Å². The number of carbonyl (C=O) groups excluding carboxylic acids is 3. The summed E-state index contributed by atoms with van der Waals surface area (Å²) in [5, 5.41) is 0. The first-order chi connectivity index (χ1) is 14.0. The number of imide groups is 1. The summed E-state index contributed by atoms with van der Waals surface area (Å²) in [4.78, 5) is 42.4. The van der Waals surface area contributed by atoms with Crippen molar-refractivity contribution in [1.29, 1.82) is 0 Å². The molecule has 150 valence electrons. The molecule has 0 saturated carbocycles. The lowest BCUT2D eigenvalue weighted by atomic mass is 10.1. The Morgan fingerprint density at radius 1 is 0.862 bits per heavy atom. The summed E-state index contributed by atoms with van der Waals surface area (Å²) in [6.45, 7) is 2.91. The molecular weight excluding hydrogens is 373 g/mol. The Labute approximate surface area is 168 Å². The fraction of sp³-hybridized carbons (Fsp3) is 0.318. The van der Waals surface area contributed by atoms with Crippen molar-refractivity contribution in [3.8, 4) is 0 Å². The van der Waals surface area contributed by atoms with Crippen LogP contribution in [0.2, 0.25) is 0 Å². The van der Waals surface area contributed by atoms with Crippen molar-refractivity contribution in [3.63, 3.8) is 0 Å². The van der Waals surface area contributed by atoms with Crippen LogP contribution < -0.4 is 0 Å². The van der Waals surface area contributed by atoms with E-state index in [1.54, 1.807) is 41.3 Å². The molecule has 1 fully saturated rings. The van der Waals surface area contributed by atoms with Crippen LogP contribution >= 0.6 is 0 Å². The zero-order valence-corrected chi connectivity index (χ0v) is 16.0. The van der Waals surface area contributed by atoms with Gasteiger partial charge in [-0.1, -0.05) is 30.3 Å². The third-order valence-electron chi connectivity index (χ3n) is 5.55. The van der Waals surface area contributed by atoms with Crippen LogP contribution in [0.1, 0.15) is 26.3 Å². The van der Waals surface area contributed by atoms with E-state index < -0.39 is 11.8 Å². The van der Waals surface area contributed by atoms with Crippen LogP contribution in [0.3, 0.4) is 0 Å². The molecule has 0 aromatic heterocycles. The lowest BCUT2D eigenvalue weighted by molar-refractivity contribution is -0.133.